The van der Waals surface area contributed by atoms with E-state index < -0.39 is 5.54 Å². The van der Waals surface area contributed by atoms with Gasteiger partial charge in [-0.25, -0.2) is 0 Å². The van der Waals surface area contributed by atoms with Crippen molar-refractivity contribution >= 4 is 0 Å². The van der Waals surface area contributed by atoms with E-state index in [9.17, 15) is 10.2 Å². The molecule has 2 saturated heterocycles. The molecule has 3 saturated carbocycles. The number of aromatic hydroxyl groups is 1. The van der Waals surface area contributed by atoms with Gasteiger partial charge < -0.3 is 20.7 Å². The SMILES string of the molecule is CC1(C)O[C@@]23CC[C@H]1[C@](N)(CCO)[C@@H]2C#CCc1cc(O)ccc1C[C@@H]1C[C@@H]3CC2(CCCC2)C1. The van der Waals surface area contributed by atoms with Crippen LogP contribution < -0.4 is 5.73 Å². The molecule has 190 valence electrons. The summed E-state index contributed by atoms with van der Waals surface area (Å²) < 4.78 is 7.26. The number of benzene rings is 1. The maximum Gasteiger partial charge on any atom is 0.115 e. The standard InChI is InChI=1S/C31H43NO3/c1-28(2)26-10-13-31(35-28)24-17-21(19-29(20-24)11-3-4-12-29)16-23-8-9-25(34)18-22(23)6-5-7-27(31)30(26,32)14-15-33/h8-9,18,21,24,26-27,33-34H,3-4,6,10-17,19-20,32H2,1-2H3/t21-,24-,26-,27+,30-,31-/m1/s1. The average Bonchev–Trinajstić information content (AvgIpc) is 3.22. The molecule has 4 nitrogen and oxygen atoms in total. The fourth-order valence-electron chi connectivity index (χ4n) is 9.78. The number of hydrogen-bond donors (Lipinski definition) is 3. The molecule has 2 spiro atoms. The minimum Gasteiger partial charge on any atom is -0.508 e. The van der Waals surface area contributed by atoms with Gasteiger partial charge in [0.1, 0.15) is 5.75 Å². The Morgan fingerprint density at radius 1 is 1.11 bits per heavy atom. The van der Waals surface area contributed by atoms with Gasteiger partial charge in [0.25, 0.3) is 0 Å². The second-order valence-electron chi connectivity index (χ2n) is 13.3. The number of hydrogen-bond acceptors (Lipinski definition) is 4. The molecular weight excluding hydrogens is 434 g/mol. The average molecular weight is 478 g/mol. The van der Waals surface area contributed by atoms with E-state index in [0.717, 1.165) is 31.2 Å². The number of nitrogens with two attached hydrogens (primary N) is 1. The molecule has 0 radical (unpaired) electrons. The van der Waals surface area contributed by atoms with Crippen LogP contribution in [0.25, 0.3) is 0 Å². The van der Waals surface area contributed by atoms with Gasteiger partial charge in [-0.15, -0.1) is 0 Å². The van der Waals surface area contributed by atoms with E-state index in [2.05, 4.69) is 31.8 Å². The second-order valence-corrected chi connectivity index (χ2v) is 13.3. The number of aliphatic hydroxyl groups is 1. The Balaban J connectivity index is 1.52. The summed E-state index contributed by atoms with van der Waals surface area (Å²) in [5.74, 6) is 8.71. The summed E-state index contributed by atoms with van der Waals surface area (Å²) in [6, 6.07) is 5.89. The molecule has 1 aromatic carbocycles. The van der Waals surface area contributed by atoms with Crippen molar-refractivity contribution < 1.29 is 14.9 Å². The maximum atomic E-state index is 10.2. The molecule has 4 aliphatic carbocycles. The minimum absolute atomic E-state index is 0.0741. The predicted molar refractivity (Wildman–Crippen MR) is 138 cm³/mol. The molecule has 0 unspecified atom stereocenters. The van der Waals surface area contributed by atoms with Crippen LogP contribution in [0.2, 0.25) is 0 Å². The Labute approximate surface area is 211 Å². The summed E-state index contributed by atoms with van der Waals surface area (Å²) in [5, 5.41) is 20.4. The Morgan fingerprint density at radius 2 is 1.91 bits per heavy atom. The summed E-state index contributed by atoms with van der Waals surface area (Å²) in [7, 11) is 0. The Kier molecular flexibility index (Phi) is 5.61. The molecule has 4 bridgehead atoms. The molecule has 0 aromatic heterocycles. The van der Waals surface area contributed by atoms with Gasteiger partial charge in [0.2, 0.25) is 0 Å². The van der Waals surface area contributed by atoms with Crippen LogP contribution in [0.3, 0.4) is 0 Å². The molecule has 2 aliphatic heterocycles. The minimum atomic E-state index is -0.548. The van der Waals surface area contributed by atoms with E-state index in [1.165, 1.54) is 44.1 Å². The third kappa shape index (κ3) is 3.68. The van der Waals surface area contributed by atoms with Gasteiger partial charge in [-0.05, 0) is 112 Å². The van der Waals surface area contributed by atoms with Gasteiger partial charge in [-0.1, -0.05) is 30.7 Å². The van der Waals surface area contributed by atoms with Crippen LogP contribution in [0.5, 0.6) is 5.75 Å². The first-order chi connectivity index (χ1) is 16.7. The highest BCUT2D eigenvalue weighted by Gasteiger charge is 2.69. The maximum absolute atomic E-state index is 10.2. The number of phenols is 1. The summed E-state index contributed by atoms with van der Waals surface area (Å²) >= 11 is 0. The number of aliphatic hydroxyl groups excluding tert-OH is 1. The van der Waals surface area contributed by atoms with E-state index in [1.54, 1.807) is 0 Å². The lowest BCUT2D eigenvalue weighted by molar-refractivity contribution is -0.309. The molecule has 7 rings (SSSR count). The summed E-state index contributed by atoms with van der Waals surface area (Å²) in [5.41, 5.74) is 9.09. The van der Waals surface area contributed by atoms with E-state index in [1.807, 2.05) is 12.1 Å². The molecule has 6 atom stereocenters. The number of rotatable bonds is 2. The normalized spacial score (nSPS) is 40.8. The van der Waals surface area contributed by atoms with Crippen molar-refractivity contribution in [2.45, 2.75) is 108 Å². The van der Waals surface area contributed by atoms with Gasteiger partial charge in [0, 0.05) is 24.5 Å². The smallest absolute Gasteiger partial charge is 0.115 e. The Hall–Kier alpha value is -1.54. The van der Waals surface area contributed by atoms with Crippen molar-refractivity contribution in [3.05, 3.63) is 29.3 Å². The third-order valence-corrected chi connectivity index (χ3v) is 10.9. The molecule has 6 aliphatic rings. The first-order valence-electron chi connectivity index (χ1n) is 14.1. The quantitative estimate of drug-likeness (QED) is 0.517. The van der Waals surface area contributed by atoms with Crippen LogP contribution in [0.15, 0.2) is 18.2 Å². The topological polar surface area (TPSA) is 75.7 Å². The van der Waals surface area contributed by atoms with Crippen molar-refractivity contribution in [1.29, 1.82) is 0 Å². The Bertz CT molecular complexity index is 1050. The van der Waals surface area contributed by atoms with Gasteiger partial charge in [-0.3, -0.25) is 0 Å². The Morgan fingerprint density at radius 3 is 2.66 bits per heavy atom. The van der Waals surface area contributed by atoms with Gasteiger partial charge in [0.05, 0.1) is 17.1 Å². The molecule has 2 heterocycles. The van der Waals surface area contributed by atoms with Crippen LogP contribution in [0.4, 0.5) is 0 Å². The molecular formula is C31H43NO3. The van der Waals surface area contributed by atoms with Gasteiger partial charge in [-0.2, -0.15) is 0 Å². The zero-order valence-corrected chi connectivity index (χ0v) is 21.6. The highest BCUT2D eigenvalue weighted by atomic mass is 16.5. The highest BCUT2D eigenvalue weighted by Crippen LogP contribution is 2.65. The number of phenolic OH excluding ortho intramolecular Hbond substituents is 1. The molecule has 4 heteroatoms. The van der Waals surface area contributed by atoms with Crippen LogP contribution in [0.1, 0.15) is 89.2 Å². The first-order valence-corrected chi connectivity index (χ1v) is 14.1. The van der Waals surface area contributed by atoms with Gasteiger partial charge in [0.15, 0.2) is 0 Å². The molecule has 0 amide bonds. The summed E-state index contributed by atoms with van der Waals surface area (Å²) in [6.07, 6.45) is 13.4. The zero-order chi connectivity index (χ0) is 24.5. The third-order valence-electron chi connectivity index (χ3n) is 10.9. The van der Waals surface area contributed by atoms with Crippen molar-refractivity contribution in [2.75, 3.05) is 6.61 Å². The van der Waals surface area contributed by atoms with Crippen molar-refractivity contribution in [1.82, 2.24) is 0 Å². The largest absolute Gasteiger partial charge is 0.508 e. The molecule has 1 aromatic rings. The predicted octanol–water partition coefficient (Wildman–Crippen LogP) is 5.12. The van der Waals surface area contributed by atoms with Gasteiger partial charge >= 0.3 is 0 Å². The fourth-order valence-corrected chi connectivity index (χ4v) is 9.78. The van der Waals surface area contributed by atoms with E-state index in [-0.39, 0.29) is 29.6 Å². The van der Waals surface area contributed by atoms with Crippen LogP contribution in [-0.4, -0.2) is 33.6 Å². The highest BCUT2D eigenvalue weighted by molar-refractivity contribution is 5.39. The van der Waals surface area contributed by atoms with Crippen molar-refractivity contribution in [2.24, 2.45) is 34.8 Å². The monoisotopic (exact) mass is 477 g/mol. The lowest BCUT2D eigenvalue weighted by Crippen LogP contribution is -2.77. The van der Waals surface area contributed by atoms with E-state index >= 15 is 0 Å². The lowest BCUT2D eigenvalue weighted by atomic mass is 9.47. The van der Waals surface area contributed by atoms with Crippen LogP contribution in [0, 0.1) is 40.9 Å². The molecule has 35 heavy (non-hydrogen) atoms. The number of ether oxygens (including phenoxy) is 1. The molecule has 4 N–H and O–H groups in total. The van der Waals surface area contributed by atoms with Crippen molar-refractivity contribution in [3.63, 3.8) is 0 Å². The first kappa shape index (κ1) is 23.8. The number of fused-ring (bicyclic) bond motifs is 5. The summed E-state index contributed by atoms with van der Waals surface area (Å²) in [6.45, 7) is 4.55. The van der Waals surface area contributed by atoms with Crippen LogP contribution in [-0.2, 0) is 17.6 Å². The fraction of sp³-hybridized carbons (Fsp3) is 0.742. The van der Waals surface area contributed by atoms with Crippen LogP contribution >= 0.6 is 0 Å². The van der Waals surface area contributed by atoms with E-state index in [4.69, 9.17) is 10.5 Å². The second kappa shape index (κ2) is 8.23. The van der Waals surface area contributed by atoms with Crippen molar-refractivity contribution in [3.8, 4) is 17.6 Å². The molecule has 5 fully saturated rings. The summed E-state index contributed by atoms with van der Waals surface area (Å²) in [4.78, 5) is 0. The lowest BCUT2D eigenvalue weighted by Gasteiger charge is -2.68. The van der Waals surface area contributed by atoms with E-state index in [0.29, 0.717) is 35.8 Å². The zero-order valence-electron chi connectivity index (χ0n) is 21.6.